The van der Waals surface area contributed by atoms with Gasteiger partial charge in [0, 0.05) is 10.5 Å². The van der Waals surface area contributed by atoms with Gasteiger partial charge in [0.15, 0.2) is 0 Å². The van der Waals surface area contributed by atoms with E-state index >= 15 is 0 Å². The Balaban J connectivity index is 0.00000225. The summed E-state index contributed by atoms with van der Waals surface area (Å²) in [5, 5.41) is 0. The molecule has 1 rings (SSSR count). The molecule has 0 unspecified atom stereocenters. The lowest BCUT2D eigenvalue weighted by Crippen LogP contribution is -2.10. The molecule has 0 aliphatic heterocycles. The quantitative estimate of drug-likeness (QED) is 0.791. The molecule has 0 amide bonds. The van der Waals surface area contributed by atoms with Crippen LogP contribution in [0.2, 0.25) is 0 Å². The molecule has 1 aromatic carbocycles. The molecule has 0 aromatic heterocycles. The minimum atomic E-state index is -0.230. The number of benzene rings is 1. The lowest BCUT2D eigenvalue weighted by molar-refractivity contribution is 0.576. The first-order chi connectivity index (χ1) is 7.15. The fraction of sp³-hybridized carbons (Fsp3) is 0.500. The highest BCUT2D eigenvalue weighted by Crippen LogP contribution is 2.26. The van der Waals surface area contributed by atoms with E-state index in [2.05, 4.69) is 22.9 Å². The highest BCUT2D eigenvalue weighted by atomic mass is 79.9. The fourth-order valence-electron chi connectivity index (χ4n) is 1.57. The van der Waals surface area contributed by atoms with Crippen molar-refractivity contribution in [2.45, 2.75) is 38.6 Å². The maximum Gasteiger partial charge on any atom is 0.124 e. The molecular formula is C12H18BrClFN. The zero-order valence-electron chi connectivity index (χ0n) is 9.38. The standard InChI is InChI=1S/C12H17BrFN.ClH/c1-2-3-4-5-12(15)10-7-6-9(14)8-11(10)13;/h6-8,12H,2-5,15H2,1H3;1H/t12-;/m0./s1. The highest BCUT2D eigenvalue weighted by molar-refractivity contribution is 9.10. The maximum absolute atomic E-state index is 12.8. The number of halogens is 3. The molecular weight excluding hydrogens is 292 g/mol. The van der Waals surface area contributed by atoms with Gasteiger partial charge in [0.05, 0.1) is 0 Å². The molecule has 1 aromatic rings. The van der Waals surface area contributed by atoms with Crippen LogP contribution in [-0.2, 0) is 0 Å². The van der Waals surface area contributed by atoms with Crippen LogP contribution < -0.4 is 5.73 Å². The van der Waals surface area contributed by atoms with E-state index in [1.54, 1.807) is 6.07 Å². The van der Waals surface area contributed by atoms with Crippen molar-refractivity contribution in [1.29, 1.82) is 0 Å². The van der Waals surface area contributed by atoms with Crippen LogP contribution in [0.1, 0.15) is 44.2 Å². The first-order valence-electron chi connectivity index (χ1n) is 5.35. The molecule has 0 radical (unpaired) electrons. The van der Waals surface area contributed by atoms with E-state index in [-0.39, 0.29) is 24.3 Å². The lowest BCUT2D eigenvalue weighted by atomic mass is 10.0. The van der Waals surface area contributed by atoms with Gasteiger partial charge in [0.1, 0.15) is 5.82 Å². The minimum Gasteiger partial charge on any atom is -0.324 e. The second-order valence-electron chi connectivity index (χ2n) is 3.77. The van der Waals surface area contributed by atoms with Crippen molar-refractivity contribution < 1.29 is 4.39 Å². The average Bonchev–Trinajstić information content (AvgIpc) is 2.17. The third-order valence-corrected chi connectivity index (χ3v) is 3.17. The number of nitrogens with two attached hydrogens (primary N) is 1. The Morgan fingerprint density at radius 1 is 1.38 bits per heavy atom. The van der Waals surface area contributed by atoms with Crippen molar-refractivity contribution in [2.75, 3.05) is 0 Å². The molecule has 0 saturated carbocycles. The SMILES string of the molecule is CCCCC[C@H](N)c1ccc(F)cc1Br.Cl. The van der Waals surface area contributed by atoms with Gasteiger partial charge >= 0.3 is 0 Å². The summed E-state index contributed by atoms with van der Waals surface area (Å²) in [6.07, 6.45) is 4.48. The molecule has 92 valence electrons. The Hall–Kier alpha value is -0.120. The van der Waals surface area contributed by atoms with E-state index in [0.717, 1.165) is 22.9 Å². The molecule has 0 spiro atoms. The summed E-state index contributed by atoms with van der Waals surface area (Å²) in [6, 6.07) is 4.69. The summed E-state index contributed by atoms with van der Waals surface area (Å²) >= 11 is 3.34. The normalized spacial score (nSPS) is 12.0. The zero-order chi connectivity index (χ0) is 11.3. The smallest absolute Gasteiger partial charge is 0.124 e. The van der Waals surface area contributed by atoms with Gasteiger partial charge in [0.2, 0.25) is 0 Å². The van der Waals surface area contributed by atoms with Crippen molar-refractivity contribution >= 4 is 28.3 Å². The molecule has 0 aliphatic carbocycles. The Kier molecular flexibility index (Phi) is 7.98. The van der Waals surface area contributed by atoms with Gasteiger partial charge in [-0.25, -0.2) is 4.39 Å². The van der Waals surface area contributed by atoms with Crippen molar-refractivity contribution in [3.8, 4) is 0 Å². The molecule has 1 nitrogen and oxygen atoms in total. The fourth-order valence-corrected chi connectivity index (χ4v) is 2.22. The topological polar surface area (TPSA) is 26.0 Å². The van der Waals surface area contributed by atoms with Crippen LogP contribution in [-0.4, -0.2) is 0 Å². The van der Waals surface area contributed by atoms with Crippen LogP contribution in [0.5, 0.6) is 0 Å². The maximum atomic E-state index is 12.8. The Morgan fingerprint density at radius 2 is 2.06 bits per heavy atom. The van der Waals surface area contributed by atoms with E-state index in [1.165, 1.54) is 25.0 Å². The van der Waals surface area contributed by atoms with Gasteiger partial charge in [-0.2, -0.15) is 0 Å². The summed E-state index contributed by atoms with van der Waals surface area (Å²) in [5.41, 5.74) is 7.03. The predicted octanol–water partition coefficient (Wildman–Crippen LogP) is 4.59. The van der Waals surface area contributed by atoms with Crippen LogP contribution >= 0.6 is 28.3 Å². The van der Waals surface area contributed by atoms with E-state index in [4.69, 9.17) is 5.73 Å². The molecule has 4 heteroatoms. The third-order valence-electron chi connectivity index (χ3n) is 2.48. The number of hydrogen-bond donors (Lipinski definition) is 1. The minimum absolute atomic E-state index is 0. The van der Waals surface area contributed by atoms with Crippen molar-refractivity contribution in [3.63, 3.8) is 0 Å². The lowest BCUT2D eigenvalue weighted by Gasteiger charge is -2.13. The average molecular weight is 311 g/mol. The monoisotopic (exact) mass is 309 g/mol. The van der Waals surface area contributed by atoms with Crippen molar-refractivity contribution in [3.05, 3.63) is 34.1 Å². The first kappa shape index (κ1) is 15.9. The molecule has 0 heterocycles. The summed E-state index contributed by atoms with van der Waals surface area (Å²) in [7, 11) is 0. The van der Waals surface area contributed by atoms with E-state index < -0.39 is 0 Å². The largest absolute Gasteiger partial charge is 0.324 e. The Labute approximate surface area is 111 Å². The second kappa shape index (κ2) is 8.04. The molecule has 0 aliphatic rings. The van der Waals surface area contributed by atoms with E-state index in [9.17, 15) is 4.39 Å². The third kappa shape index (κ3) is 4.81. The number of hydrogen-bond acceptors (Lipinski definition) is 1. The predicted molar refractivity (Wildman–Crippen MR) is 72.4 cm³/mol. The number of rotatable bonds is 5. The van der Waals surface area contributed by atoms with Crippen LogP contribution in [0.4, 0.5) is 4.39 Å². The molecule has 1 atom stereocenters. The van der Waals surface area contributed by atoms with Crippen molar-refractivity contribution in [2.24, 2.45) is 5.73 Å². The zero-order valence-corrected chi connectivity index (χ0v) is 11.8. The van der Waals surface area contributed by atoms with Gasteiger partial charge in [-0.1, -0.05) is 48.2 Å². The Bertz CT molecular complexity index is 320. The van der Waals surface area contributed by atoms with Gasteiger partial charge in [0.25, 0.3) is 0 Å². The molecule has 0 bridgehead atoms. The van der Waals surface area contributed by atoms with Crippen molar-refractivity contribution in [1.82, 2.24) is 0 Å². The highest BCUT2D eigenvalue weighted by Gasteiger charge is 2.09. The second-order valence-corrected chi connectivity index (χ2v) is 4.62. The molecule has 0 saturated heterocycles. The van der Waals surface area contributed by atoms with Gasteiger partial charge < -0.3 is 5.73 Å². The van der Waals surface area contributed by atoms with Crippen LogP contribution in [0, 0.1) is 5.82 Å². The van der Waals surface area contributed by atoms with Gasteiger partial charge in [-0.05, 0) is 24.1 Å². The van der Waals surface area contributed by atoms with Crippen LogP contribution in [0.25, 0.3) is 0 Å². The van der Waals surface area contributed by atoms with E-state index in [0.29, 0.717) is 0 Å². The summed E-state index contributed by atoms with van der Waals surface area (Å²) in [6.45, 7) is 2.17. The number of unbranched alkanes of at least 4 members (excludes halogenated alkanes) is 2. The van der Waals surface area contributed by atoms with Crippen LogP contribution in [0.3, 0.4) is 0 Å². The molecule has 2 N–H and O–H groups in total. The summed E-state index contributed by atoms with van der Waals surface area (Å²) in [5.74, 6) is -0.230. The summed E-state index contributed by atoms with van der Waals surface area (Å²) < 4.78 is 13.6. The van der Waals surface area contributed by atoms with Gasteiger partial charge in [-0.15, -0.1) is 12.4 Å². The molecule has 16 heavy (non-hydrogen) atoms. The van der Waals surface area contributed by atoms with Crippen LogP contribution in [0.15, 0.2) is 22.7 Å². The van der Waals surface area contributed by atoms with Gasteiger partial charge in [-0.3, -0.25) is 0 Å². The first-order valence-corrected chi connectivity index (χ1v) is 6.15. The Morgan fingerprint density at radius 3 is 2.62 bits per heavy atom. The summed E-state index contributed by atoms with van der Waals surface area (Å²) in [4.78, 5) is 0. The molecule has 0 fully saturated rings. The van der Waals surface area contributed by atoms with E-state index in [1.807, 2.05) is 0 Å².